The SMILES string of the molecule is CCc1cc(CN)cc(CC)c1N1CCCN1. The van der Waals surface area contributed by atoms with Crippen molar-refractivity contribution in [1.29, 1.82) is 0 Å². The van der Waals surface area contributed by atoms with E-state index in [1.54, 1.807) is 0 Å². The van der Waals surface area contributed by atoms with Crippen molar-refractivity contribution in [3.8, 4) is 0 Å². The normalized spacial score (nSPS) is 15.6. The maximum absolute atomic E-state index is 5.77. The van der Waals surface area contributed by atoms with Gasteiger partial charge >= 0.3 is 0 Å². The number of hydrazine groups is 1. The first-order valence-electron chi connectivity index (χ1n) is 6.65. The van der Waals surface area contributed by atoms with Gasteiger partial charge in [-0.1, -0.05) is 26.0 Å². The highest BCUT2D eigenvalue weighted by molar-refractivity contribution is 5.61. The fraction of sp³-hybridized carbons (Fsp3) is 0.571. The number of hydrogen-bond donors (Lipinski definition) is 2. The van der Waals surface area contributed by atoms with Gasteiger partial charge in [-0.3, -0.25) is 0 Å². The van der Waals surface area contributed by atoms with Gasteiger partial charge in [0.1, 0.15) is 0 Å². The smallest absolute Gasteiger partial charge is 0.0583 e. The van der Waals surface area contributed by atoms with Crippen LogP contribution in [0.5, 0.6) is 0 Å². The van der Waals surface area contributed by atoms with Crippen LogP contribution in [0.15, 0.2) is 12.1 Å². The third-order valence-electron chi connectivity index (χ3n) is 3.46. The Morgan fingerprint density at radius 3 is 2.29 bits per heavy atom. The van der Waals surface area contributed by atoms with Crippen molar-refractivity contribution in [3.05, 3.63) is 28.8 Å². The highest BCUT2D eigenvalue weighted by atomic mass is 15.5. The number of aryl methyl sites for hydroxylation is 2. The summed E-state index contributed by atoms with van der Waals surface area (Å²) in [5.41, 5.74) is 14.7. The summed E-state index contributed by atoms with van der Waals surface area (Å²) >= 11 is 0. The van der Waals surface area contributed by atoms with Crippen molar-refractivity contribution in [2.75, 3.05) is 18.1 Å². The van der Waals surface area contributed by atoms with Gasteiger partial charge in [0, 0.05) is 19.6 Å². The van der Waals surface area contributed by atoms with Crippen LogP contribution in [0.25, 0.3) is 0 Å². The lowest BCUT2D eigenvalue weighted by molar-refractivity contribution is 0.774. The molecule has 1 aromatic rings. The molecule has 0 bridgehead atoms. The molecule has 0 amide bonds. The fourth-order valence-electron chi connectivity index (χ4n) is 2.56. The number of nitrogens with two attached hydrogens (primary N) is 1. The lowest BCUT2D eigenvalue weighted by Crippen LogP contribution is -2.32. The monoisotopic (exact) mass is 233 g/mol. The molecular formula is C14H23N3. The number of hydrogen-bond acceptors (Lipinski definition) is 3. The van der Waals surface area contributed by atoms with Gasteiger partial charge in [0.05, 0.1) is 5.69 Å². The Morgan fingerprint density at radius 1 is 1.24 bits per heavy atom. The maximum Gasteiger partial charge on any atom is 0.0583 e. The second-order valence-electron chi connectivity index (χ2n) is 4.59. The van der Waals surface area contributed by atoms with E-state index < -0.39 is 0 Å². The summed E-state index contributed by atoms with van der Waals surface area (Å²) in [5.74, 6) is 0. The van der Waals surface area contributed by atoms with Gasteiger partial charge in [0.2, 0.25) is 0 Å². The molecular weight excluding hydrogens is 210 g/mol. The largest absolute Gasteiger partial charge is 0.326 e. The highest BCUT2D eigenvalue weighted by Gasteiger charge is 2.18. The summed E-state index contributed by atoms with van der Waals surface area (Å²) in [5, 5.41) is 2.32. The molecule has 0 atom stereocenters. The molecule has 0 saturated carbocycles. The second-order valence-corrected chi connectivity index (χ2v) is 4.59. The average molecular weight is 233 g/mol. The molecule has 1 fully saturated rings. The van der Waals surface area contributed by atoms with E-state index in [0.717, 1.165) is 25.9 Å². The number of nitrogens with one attached hydrogen (secondary N) is 1. The molecule has 3 nitrogen and oxygen atoms in total. The zero-order chi connectivity index (χ0) is 12.3. The minimum Gasteiger partial charge on any atom is -0.326 e. The summed E-state index contributed by atoms with van der Waals surface area (Å²) in [7, 11) is 0. The van der Waals surface area contributed by atoms with Crippen molar-refractivity contribution in [2.24, 2.45) is 5.73 Å². The molecule has 2 rings (SSSR count). The van der Waals surface area contributed by atoms with E-state index in [0.29, 0.717) is 6.54 Å². The molecule has 1 heterocycles. The first-order chi connectivity index (χ1) is 8.30. The van der Waals surface area contributed by atoms with E-state index in [1.165, 1.54) is 28.8 Å². The number of rotatable bonds is 4. The van der Waals surface area contributed by atoms with Crippen molar-refractivity contribution >= 4 is 5.69 Å². The Hall–Kier alpha value is -1.06. The van der Waals surface area contributed by atoms with Crippen LogP contribution >= 0.6 is 0 Å². The summed E-state index contributed by atoms with van der Waals surface area (Å²) in [6, 6.07) is 4.52. The standard InChI is InChI=1S/C14H23N3/c1-3-12-8-11(10-15)9-13(4-2)14(12)17-7-5-6-16-17/h8-9,16H,3-7,10,15H2,1-2H3. The van der Waals surface area contributed by atoms with Crippen LogP contribution in [0.3, 0.4) is 0 Å². The van der Waals surface area contributed by atoms with Crippen molar-refractivity contribution in [2.45, 2.75) is 39.7 Å². The van der Waals surface area contributed by atoms with Gasteiger partial charge in [0.25, 0.3) is 0 Å². The van der Waals surface area contributed by atoms with E-state index in [-0.39, 0.29) is 0 Å². The van der Waals surface area contributed by atoms with Gasteiger partial charge < -0.3 is 10.7 Å². The van der Waals surface area contributed by atoms with Crippen LogP contribution in [0.1, 0.15) is 37.0 Å². The first kappa shape index (κ1) is 12.4. The summed E-state index contributed by atoms with van der Waals surface area (Å²) < 4.78 is 0. The van der Waals surface area contributed by atoms with Crippen molar-refractivity contribution in [1.82, 2.24) is 5.43 Å². The van der Waals surface area contributed by atoms with E-state index >= 15 is 0 Å². The van der Waals surface area contributed by atoms with Crippen LogP contribution in [0.4, 0.5) is 5.69 Å². The minimum atomic E-state index is 0.633. The summed E-state index contributed by atoms with van der Waals surface area (Å²) in [4.78, 5) is 0. The van der Waals surface area contributed by atoms with E-state index in [1.807, 2.05) is 0 Å². The Kier molecular flexibility index (Phi) is 4.02. The van der Waals surface area contributed by atoms with Gasteiger partial charge in [0.15, 0.2) is 0 Å². The van der Waals surface area contributed by atoms with Crippen LogP contribution in [-0.2, 0) is 19.4 Å². The molecule has 0 unspecified atom stereocenters. The maximum atomic E-state index is 5.77. The molecule has 1 aliphatic rings. The highest BCUT2D eigenvalue weighted by Crippen LogP contribution is 2.29. The molecule has 94 valence electrons. The Labute approximate surface area is 104 Å². The van der Waals surface area contributed by atoms with E-state index in [9.17, 15) is 0 Å². The Bertz CT molecular complexity index is 356. The van der Waals surface area contributed by atoms with Gasteiger partial charge in [-0.15, -0.1) is 0 Å². The molecule has 17 heavy (non-hydrogen) atoms. The summed E-state index contributed by atoms with van der Waals surface area (Å²) in [6.07, 6.45) is 3.35. The van der Waals surface area contributed by atoms with Crippen LogP contribution in [-0.4, -0.2) is 13.1 Å². The molecule has 0 radical (unpaired) electrons. The van der Waals surface area contributed by atoms with Crippen molar-refractivity contribution in [3.63, 3.8) is 0 Å². The minimum absolute atomic E-state index is 0.633. The molecule has 1 aromatic carbocycles. The van der Waals surface area contributed by atoms with Gasteiger partial charge in [-0.2, -0.15) is 0 Å². The molecule has 1 saturated heterocycles. The number of nitrogens with zero attached hydrogens (tertiary/aromatic N) is 1. The predicted molar refractivity (Wildman–Crippen MR) is 73.1 cm³/mol. The van der Waals surface area contributed by atoms with Crippen LogP contribution < -0.4 is 16.2 Å². The first-order valence-corrected chi connectivity index (χ1v) is 6.65. The van der Waals surface area contributed by atoms with Crippen LogP contribution in [0, 0.1) is 0 Å². The van der Waals surface area contributed by atoms with Gasteiger partial charge in [-0.25, -0.2) is 5.43 Å². The fourth-order valence-corrected chi connectivity index (χ4v) is 2.56. The molecule has 1 aliphatic heterocycles. The number of anilines is 1. The average Bonchev–Trinajstić information content (AvgIpc) is 2.90. The molecule has 0 aromatic heterocycles. The second kappa shape index (κ2) is 5.52. The quantitative estimate of drug-likeness (QED) is 0.835. The van der Waals surface area contributed by atoms with Gasteiger partial charge in [-0.05, 0) is 36.0 Å². The molecule has 3 N–H and O–H groups in total. The van der Waals surface area contributed by atoms with E-state index in [4.69, 9.17) is 5.73 Å². The van der Waals surface area contributed by atoms with Crippen LogP contribution in [0.2, 0.25) is 0 Å². The lowest BCUT2D eigenvalue weighted by atomic mass is 9.98. The lowest BCUT2D eigenvalue weighted by Gasteiger charge is -2.25. The predicted octanol–water partition coefficient (Wildman–Crippen LogP) is 1.98. The third kappa shape index (κ3) is 2.45. The molecule has 0 spiro atoms. The third-order valence-corrected chi connectivity index (χ3v) is 3.46. The van der Waals surface area contributed by atoms with Crippen molar-refractivity contribution < 1.29 is 0 Å². The Balaban J connectivity index is 2.45. The van der Waals surface area contributed by atoms with E-state index in [2.05, 4.69) is 36.4 Å². The zero-order valence-electron chi connectivity index (χ0n) is 10.9. The topological polar surface area (TPSA) is 41.3 Å². The number of benzene rings is 1. The summed E-state index contributed by atoms with van der Waals surface area (Å²) in [6.45, 7) is 7.27. The molecule has 3 heteroatoms. The zero-order valence-corrected chi connectivity index (χ0v) is 10.9. The Morgan fingerprint density at radius 2 is 1.88 bits per heavy atom. The molecule has 0 aliphatic carbocycles.